The Morgan fingerprint density at radius 2 is 1.71 bits per heavy atom. The van der Waals surface area contributed by atoms with Gasteiger partial charge in [-0.2, -0.15) is 5.10 Å². The zero-order chi connectivity index (χ0) is 17.4. The van der Waals surface area contributed by atoms with Crippen LogP contribution < -0.4 is 10.7 Å². The molecule has 0 aromatic heterocycles. The number of amides is 2. The predicted molar refractivity (Wildman–Crippen MR) is 95.9 cm³/mol. The van der Waals surface area contributed by atoms with Crippen molar-refractivity contribution in [3.05, 3.63) is 65.7 Å². The lowest BCUT2D eigenvalue weighted by Gasteiger charge is -2.09. The number of anilines is 1. The van der Waals surface area contributed by atoms with E-state index in [9.17, 15) is 9.59 Å². The second-order valence-corrected chi connectivity index (χ2v) is 5.38. The van der Waals surface area contributed by atoms with E-state index in [1.165, 1.54) is 0 Å². The molecule has 0 aliphatic carbocycles. The van der Waals surface area contributed by atoms with Crippen LogP contribution in [0.3, 0.4) is 0 Å². The number of hydrogen-bond donors (Lipinski definition) is 2. The summed E-state index contributed by atoms with van der Waals surface area (Å²) in [6.45, 7) is 3.95. The summed E-state index contributed by atoms with van der Waals surface area (Å²) in [5.74, 6) is -1.49. The highest BCUT2D eigenvalue weighted by molar-refractivity contribution is 6.39. The molecular weight excluding hydrogens is 302 g/mol. The molecule has 2 amide bonds. The van der Waals surface area contributed by atoms with Crippen LogP contribution >= 0.6 is 0 Å². The molecule has 2 rings (SSSR count). The fraction of sp³-hybridized carbons (Fsp3) is 0.211. The molecule has 0 radical (unpaired) electrons. The largest absolute Gasteiger partial charge is 0.329 e. The first-order chi connectivity index (χ1) is 11.6. The molecule has 0 aliphatic heterocycles. The Balaban J connectivity index is 1.90. The van der Waals surface area contributed by atoms with Crippen molar-refractivity contribution in [2.45, 2.75) is 26.2 Å². The van der Waals surface area contributed by atoms with Crippen LogP contribution in [0.2, 0.25) is 0 Å². The summed E-state index contributed by atoms with van der Waals surface area (Å²) in [6.07, 6.45) is 2.37. The first-order valence-corrected chi connectivity index (χ1v) is 7.89. The maximum absolute atomic E-state index is 11.9. The van der Waals surface area contributed by atoms with Crippen molar-refractivity contribution < 1.29 is 9.59 Å². The fourth-order valence-electron chi connectivity index (χ4n) is 2.23. The first-order valence-electron chi connectivity index (χ1n) is 7.89. The lowest BCUT2D eigenvalue weighted by atomic mass is 10.0. The molecule has 0 saturated heterocycles. The monoisotopic (exact) mass is 323 g/mol. The Bertz CT molecular complexity index is 726. The molecule has 0 saturated carbocycles. The topological polar surface area (TPSA) is 70.6 Å². The number of nitrogens with zero attached hydrogens (tertiary/aromatic N) is 1. The van der Waals surface area contributed by atoms with Gasteiger partial charge in [0.1, 0.15) is 0 Å². The van der Waals surface area contributed by atoms with Gasteiger partial charge < -0.3 is 5.32 Å². The molecule has 24 heavy (non-hydrogen) atoms. The minimum absolute atomic E-state index is 0.0374. The predicted octanol–water partition coefficient (Wildman–Crippen LogP) is 3.09. The number of benzene rings is 2. The smallest absolute Gasteiger partial charge is 0.317 e. The molecule has 2 N–H and O–H groups in total. The summed E-state index contributed by atoms with van der Waals surface area (Å²) in [5.41, 5.74) is 4.95. The number of aryl methyl sites for hydroxylation is 1. The second kappa shape index (κ2) is 8.62. The van der Waals surface area contributed by atoms with E-state index in [1.807, 2.05) is 62.4 Å². The molecule has 0 fully saturated rings. The fourth-order valence-corrected chi connectivity index (χ4v) is 2.23. The van der Waals surface area contributed by atoms with Gasteiger partial charge in [-0.3, -0.25) is 9.59 Å². The first kappa shape index (κ1) is 17.4. The zero-order valence-electron chi connectivity index (χ0n) is 13.8. The highest BCUT2D eigenvalue weighted by Gasteiger charge is 2.14. The van der Waals surface area contributed by atoms with E-state index >= 15 is 0 Å². The highest BCUT2D eigenvalue weighted by atomic mass is 16.2. The van der Waals surface area contributed by atoms with Crippen molar-refractivity contribution in [1.29, 1.82) is 0 Å². The number of para-hydroxylation sites is 1. The zero-order valence-corrected chi connectivity index (χ0v) is 13.8. The molecule has 0 spiro atoms. The van der Waals surface area contributed by atoms with E-state index in [2.05, 4.69) is 15.8 Å². The number of hydrazone groups is 1. The van der Waals surface area contributed by atoms with E-state index in [4.69, 9.17) is 0 Å². The van der Waals surface area contributed by atoms with Gasteiger partial charge in [-0.1, -0.05) is 62.4 Å². The summed E-state index contributed by atoms with van der Waals surface area (Å²) in [6, 6.07) is 17.2. The number of nitrogens with one attached hydrogen (secondary N) is 2. The second-order valence-electron chi connectivity index (χ2n) is 5.38. The quantitative estimate of drug-likeness (QED) is 0.504. The van der Waals surface area contributed by atoms with Crippen LogP contribution in [0.1, 0.15) is 30.9 Å². The molecule has 1 atom stereocenters. The SMILES string of the molecule is CCc1ccccc1NC(=O)C(=O)NN=CC(C)c1ccccc1. The van der Waals surface area contributed by atoms with Gasteiger partial charge in [-0.15, -0.1) is 0 Å². The number of rotatable bonds is 5. The molecule has 2 aromatic carbocycles. The number of hydrogen-bond acceptors (Lipinski definition) is 3. The Hall–Kier alpha value is -2.95. The minimum atomic E-state index is -0.794. The Labute approximate surface area is 141 Å². The standard InChI is InChI=1S/C19H21N3O2/c1-3-15-9-7-8-12-17(15)21-18(23)19(24)22-20-13-14(2)16-10-5-4-6-11-16/h4-14H,3H2,1-2H3,(H,21,23)(H,22,24). The average molecular weight is 323 g/mol. The van der Waals surface area contributed by atoms with Crippen molar-refractivity contribution in [2.24, 2.45) is 5.10 Å². The Morgan fingerprint density at radius 1 is 1.04 bits per heavy atom. The van der Waals surface area contributed by atoms with E-state index < -0.39 is 11.8 Å². The van der Waals surface area contributed by atoms with Gasteiger partial charge >= 0.3 is 11.8 Å². The van der Waals surface area contributed by atoms with Crippen molar-refractivity contribution in [3.8, 4) is 0 Å². The molecule has 0 bridgehead atoms. The van der Waals surface area contributed by atoms with Crippen molar-refractivity contribution in [2.75, 3.05) is 5.32 Å². The third-order valence-electron chi connectivity index (χ3n) is 3.64. The van der Waals surface area contributed by atoms with Crippen LogP contribution in [-0.2, 0) is 16.0 Å². The number of carbonyl (C=O) groups is 2. The average Bonchev–Trinajstić information content (AvgIpc) is 2.62. The molecule has 2 aromatic rings. The summed E-state index contributed by atoms with van der Waals surface area (Å²) >= 11 is 0. The normalized spacial score (nSPS) is 11.9. The molecule has 124 valence electrons. The minimum Gasteiger partial charge on any atom is -0.317 e. The third-order valence-corrected chi connectivity index (χ3v) is 3.64. The summed E-state index contributed by atoms with van der Waals surface area (Å²) in [4.78, 5) is 23.8. The van der Waals surface area contributed by atoms with Gasteiger partial charge in [0, 0.05) is 17.8 Å². The molecule has 5 heteroatoms. The summed E-state index contributed by atoms with van der Waals surface area (Å²) in [7, 11) is 0. The Kier molecular flexibility index (Phi) is 6.25. The molecular formula is C19H21N3O2. The molecule has 1 unspecified atom stereocenters. The molecule has 0 heterocycles. The van der Waals surface area contributed by atoms with Crippen LogP contribution in [0.5, 0.6) is 0 Å². The van der Waals surface area contributed by atoms with E-state index in [0.29, 0.717) is 5.69 Å². The van der Waals surface area contributed by atoms with Crippen LogP contribution in [0.25, 0.3) is 0 Å². The summed E-state index contributed by atoms with van der Waals surface area (Å²) < 4.78 is 0. The maximum atomic E-state index is 11.9. The van der Waals surface area contributed by atoms with Crippen LogP contribution in [-0.4, -0.2) is 18.0 Å². The van der Waals surface area contributed by atoms with E-state index in [0.717, 1.165) is 17.5 Å². The van der Waals surface area contributed by atoms with Crippen molar-refractivity contribution >= 4 is 23.7 Å². The Morgan fingerprint density at radius 3 is 2.42 bits per heavy atom. The van der Waals surface area contributed by atoms with Gasteiger partial charge in [0.25, 0.3) is 0 Å². The van der Waals surface area contributed by atoms with Gasteiger partial charge in [-0.05, 0) is 23.6 Å². The maximum Gasteiger partial charge on any atom is 0.329 e. The van der Waals surface area contributed by atoms with Gasteiger partial charge in [-0.25, -0.2) is 5.43 Å². The van der Waals surface area contributed by atoms with Gasteiger partial charge in [0.05, 0.1) is 0 Å². The van der Waals surface area contributed by atoms with Crippen LogP contribution in [0, 0.1) is 0 Å². The lowest BCUT2D eigenvalue weighted by molar-refractivity contribution is -0.136. The molecule has 5 nitrogen and oxygen atoms in total. The van der Waals surface area contributed by atoms with E-state index in [-0.39, 0.29) is 5.92 Å². The van der Waals surface area contributed by atoms with Crippen molar-refractivity contribution in [3.63, 3.8) is 0 Å². The highest BCUT2D eigenvalue weighted by Crippen LogP contribution is 2.15. The van der Waals surface area contributed by atoms with Crippen LogP contribution in [0.15, 0.2) is 59.7 Å². The number of carbonyl (C=O) groups excluding carboxylic acids is 2. The summed E-state index contributed by atoms with van der Waals surface area (Å²) in [5, 5.41) is 6.47. The van der Waals surface area contributed by atoms with E-state index in [1.54, 1.807) is 12.3 Å². The third kappa shape index (κ3) is 4.78. The lowest BCUT2D eigenvalue weighted by Crippen LogP contribution is -2.32. The van der Waals surface area contributed by atoms with Crippen molar-refractivity contribution in [1.82, 2.24) is 5.43 Å². The van der Waals surface area contributed by atoms with Crippen LogP contribution in [0.4, 0.5) is 5.69 Å². The van der Waals surface area contributed by atoms with Gasteiger partial charge in [0.15, 0.2) is 0 Å². The molecule has 0 aliphatic rings. The van der Waals surface area contributed by atoms with Gasteiger partial charge in [0.2, 0.25) is 0 Å².